The van der Waals surface area contributed by atoms with Crippen molar-refractivity contribution < 1.29 is 37.3 Å². The van der Waals surface area contributed by atoms with Crippen molar-refractivity contribution in [1.82, 2.24) is 29.4 Å². The van der Waals surface area contributed by atoms with Crippen LogP contribution >= 0.6 is 0 Å². The van der Waals surface area contributed by atoms with E-state index in [4.69, 9.17) is 0 Å². The Morgan fingerprint density at radius 3 is 2.35 bits per heavy atom. The average molecular weight is 602 g/mol. The van der Waals surface area contributed by atoms with Crippen LogP contribution in [0.5, 0.6) is 5.75 Å². The molecule has 6 rings (SSSR count). The van der Waals surface area contributed by atoms with E-state index >= 15 is 8.78 Å². The maximum absolute atomic E-state index is 15.3. The third kappa shape index (κ3) is 5.82. The number of benzene rings is 1. The molecule has 15 heteroatoms. The van der Waals surface area contributed by atoms with Crippen LogP contribution in [0, 0.1) is 11.6 Å². The van der Waals surface area contributed by atoms with Crippen molar-refractivity contribution in [2.75, 3.05) is 31.1 Å². The third-order valence-corrected chi connectivity index (χ3v) is 7.83. The largest absolute Gasteiger partial charge is 0.432 e. The molecule has 0 aliphatic carbocycles. The molecule has 0 radical (unpaired) electrons. The van der Waals surface area contributed by atoms with Crippen LogP contribution in [0.2, 0.25) is 0 Å². The molecule has 0 unspecified atom stereocenters. The van der Waals surface area contributed by atoms with Crippen molar-refractivity contribution in [2.45, 2.75) is 44.1 Å². The lowest BCUT2D eigenvalue weighted by Gasteiger charge is -2.32. The van der Waals surface area contributed by atoms with Gasteiger partial charge in [0.1, 0.15) is 17.8 Å². The Balaban J connectivity index is 1.16. The lowest BCUT2D eigenvalue weighted by Crippen LogP contribution is -2.35. The van der Waals surface area contributed by atoms with Crippen LogP contribution in [0.25, 0.3) is 11.0 Å². The molecule has 4 aromatic rings. The van der Waals surface area contributed by atoms with E-state index in [1.807, 2.05) is 4.90 Å². The number of fused-ring (bicyclic) bond motifs is 1. The smallest absolute Gasteiger partial charge is 0.387 e. The van der Waals surface area contributed by atoms with Gasteiger partial charge in [-0.2, -0.15) is 8.78 Å². The Kier molecular flexibility index (Phi) is 7.83. The lowest BCUT2D eigenvalue weighted by atomic mass is 10.0. The first-order valence-corrected chi connectivity index (χ1v) is 13.6. The Labute approximate surface area is 242 Å². The van der Waals surface area contributed by atoms with Crippen molar-refractivity contribution >= 4 is 22.9 Å². The predicted molar refractivity (Wildman–Crippen MR) is 144 cm³/mol. The summed E-state index contributed by atoms with van der Waals surface area (Å²) < 4.78 is 61.3. The van der Waals surface area contributed by atoms with Gasteiger partial charge in [0.2, 0.25) is 5.95 Å². The molecule has 0 saturated carbocycles. The number of likely N-dealkylation sites (tertiary alicyclic amines) is 1. The minimum atomic E-state index is -2.96. The van der Waals surface area contributed by atoms with Gasteiger partial charge >= 0.3 is 6.61 Å². The summed E-state index contributed by atoms with van der Waals surface area (Å²) in [5.41, 5.74) is 0.955. The number of β-amino-alcohol motifs (C(OH)–C–C–N with tert-alkyl or cyclic N) is 2. The number of aliphatic hydroxyl groups is 2. The van der Waals surface area contributed by atoms with Crippen LogP contribution in [0.15, 0.2) is 43.1 Å². The number of piperidine rings is 1. The molecule has 11 nitrogen and oxygen atoms in total. The molecule has 0 bridgehead atoms. The average Bonchev–Trinajstić information content (AvgIpc) is 3.52. The van der Waals surface area contributed by atoms with Gasteiger partial charge in [-0.1, -0.05) is 6.07 Å². The van der Waals surface area contributed by atoms with Crippen molar-refractivity contribution in [3.8, 4) is 5.75 Å². The van der Waals surface area contributed by atoms with Gasteiger partial charge in [-0.25, -0.2) is 28.7 Å². The second kappa shape index (κ2) is 11.7. The summed E-state index contributed by atoms with van der Waals surface area (Å²) in [5.74, 6) is -1.47. The highest BCUT2D eigenvalue weighted by molar-refractivity contribution is 5.94. The highest BCUT2D eigenvalue weighted by atomic mass is 19.3. The second-order valence-electron chi connectivity index (χ2n) is 10.5. The number of anilines is 1. The summed E-state index contributed by atoms with van der Waals surface area (Å²) in [6.45, 7) is -1.99. The lowest BCUT2D eigenvalue weighted by molar-refractivity contribution is -0.0503. The molecule has 2 saturated heterocycles. The zero-order valence-electron chi connectivity index (χ0n) is 22.7. The molecule has 5 heterocycles. The molecule has 2 N–H and O–H groups in total. The Morgan fingerprint density at radius 1 is 1.00 bits per heavy atom. The number of nitrogens with zero attached hydrogens (tertiary/aromatic N) is 7. The van der Waals surface area contributed by atoms with Crippen LogP contribution in [-0.2, 0) is 6.42 Å². The molecule has 2 atom stereocenters. The Morgan fingerprint density at radius 2 is 1.70 bits per heavy atom. The first-order valence-electron chi connectivity index (χ1n) is 13.6. The highest BCUT2D eigenvalue weighted by Gasteiger charge is 2.33. The van der Waals surface area contributed by atoms with Gasteiger partial charge in [0.05, 0.1) is 35.7 Å². The summed E-state index contributed by atoms with van der Waals surface area (Å²) in [7, 11) is 0. The molecule has 2 aliphatic rings. The number of hydrogen-bond donors (Lipinski definition) is 2. The SMILES string of the molecule is O=C(c1ccc(Cc2ncnc3c2c(F)cn3C2CCN(c3ncc(OC(F)F)cn3)CC2)c(F)c1)N1C[C@H](O)[C@@H](O)C1. The third-order valence-electron chi connectivity index (χ3n) is 7.83. The minimum absolute atomic E-state index is 0.0392. The van der Waals surface area contributed by atoms with Crippen molar-refractivity contribution in [3.05, 3.63) is 71.6 Å². The number of hydrogen-bond acceptors (Lipinski definition) is 9. The number of halogens is 4. The second-order valence-corrected chi connectivity index (χ2v) is 10.5. The van der Waals surface area contributed by atoms with E-state index in [0.717, 1.165) is 6.07 Å². The van der Waals surface area contributed by atoms with Gasteiger partial charge < -0.3 is 29.3 Å². The molecular weight excluding hydrogens is 574 g/mol. The molecule has 43 heavy (non-hydrogen) atoms. The van der Waals surface area contributed by atoms with Crippen LogP contribution in [0.1, 0.15) is 40.5 Å². The van der Waals surface area contributed by atoms with E-state index < -0.39 is 36.4 Å². The maximum atomic E-state index is 15.3. The van der Waals surface area contributed by atoms with Gasteiger partial charge in [-0.3, -0.25) is 4.79 Å². The fraction of sp³-hybridized carbons (Fsp3) is 0.393. The van der Waals surface area contributed by atoms with Gasteiger partial charge in [-0.05, 0) is 30.5 Å². The van der Waals surface area contributed by atoms with Crippen molar-refractivity contribution in [2.24, 2.45) is 0 Å². The quantitative estimate of drug-likeness (QED) is 0.307. The number of ether oxygens (including phenoxy) is 1. The Bertz CT molecular complexity index is 1620. The predicted octanol–water partition coefficient (Wildman–Crippen LogP) is 2.71. The van der Waals surface area contributed by atoms with Crippen molar-refractivity contribution in [3.63, 3.8) is 0 Å². The standard InChI is InChI=1S/C28H27F4N7O4/c29-19-7-16(26(42)38-12-22(40)23(41)13-38)2-1-15(19)8-21-24-20(30)11-39(25(24)36-14-35-21)17-3-5-37(6-4-17)28-33-9-18(10-34-28)43-27(31)32/h1-2,7,9-11,14,17,22-23,27,40-41H,3-6,8,12-13H2/t22-,23-/m0/s1. The van der Waals surface area contributed by atoms with Crippen LogP contribution in [0.3, 0.4) is 0 Å². The maximum Gasteiger partial charge on any atom is 0.387 e. The number of carbonyl (C=O) groups excluding carboxylic acids is 1. The van der Waals surface area contributed by atoms with E-state index in [1.165, 1.54) is 42.0 Å². The van der Waals surface area contributed by atoms with E-state index in [-0.39, 0.29) is 47.8 Å². The monoisotopic (exact) mass is 601 g/mol. The molecular formula is C28H27F4N7O4. The minimum Gasteiger partial charge on any atom is -0.432 e. The number of aliphatic hydroxyl groups excluding tert-OH is 2. The number of amides is 1. The summed E-state index contributed by atoms with van der Waals surface area (Å²) in [4.78, 5) is 32.6. The summed E-state index contributed by atoms with van der Waals surface area (Å²) in [5, 5.41) is 19.6. The fourth-order valence-corrected chi connectivity index (χ4v) is 5.61. The molecule has 0 spiro atoms. The molecule has 2 aliphatic heterocycles. The summed E-state index contributed by atoms with van der Waals surface area (Å²) >= 11 is 0. The van der Waals surface area contributed by atoms with E-state index in [1.54, 1.807) is 4.57 Å². The molecule has 1 aromatic carbocycles. The molecule has 2 fully saturated rings. The number of carbonyl (C=O) groups is 1. The van der Waals surface area contributed by atoms with Gasteiger partial charge in [-0.15, -0.1) is 0 Å². The van der Waals surface area contributed by atoms with Crippen LogP contribution < -0.4 is 9.64 Å². The van der Waals surface area contributed by atoms with E-state index in [0.29, 0.717) is 43.2 Å². The highest BCUT2D eigenvalue weighted by Crippen LogP contribution is 2.32. The van der Waals surface area contributed by atoms with E-state index in [9.17, 15) is 23.8 Å². The molecule has 3 aromatic heterocycles. The number of rotatable bonds is 7. The van der Waals surface area contributed by atoms with Crippen molar-refractivity contribution in [1.29, 1.82) is 0 Å². The topological polar surface area (TPSA) is 130 Å². The van der Waals surface area contributed by atoms with Gasteiger partial charge in [0.25, 0.3) is 5.91 Å². The zero-order valence-corrected chi connectivity index (χ0v) is 22.7. The van der Waals surface area contributed by atoms with Crippen LogP contribution in [0.4, 0.5) is 23.5 Å². The first-order chi connectivity index (χ1) is 20.7. The summed E-state index contributed by atoms with van der Waals surface area (Å²) in [6.07, 6.45) is 4.12. The summed E-state index contributed by atoms with van der Waals surface area (Å²) in [6, 6.07) is 3.88. The fourth-order valence-electron chi connectivity index (χ4n) is 5.61. The number of alkyl halides is 2. The van der Waals surface area contributed by atoms with Crippen LogP contribution in [-0.4, -0.2) is 90.5 Å². The van der Waals surface area contributed by atoms with E-state index in [2.05, 4.69) is 24.7 Å². The number of aromatic nitrogens is 5. The van der Waals surface area contributed by atoms with Gasteiger partial charge in [0, 0.05) is 50.4 Å². The molecule has 1 amide bonds. The zero-order chi connectivity index (χ0) is 30.2. The molecule has 226 valence electrons. The normalized spacial score (nSPS) is 19.5. The Hall–Kier alpha value is -4.37. The first kappa shape index (κ1) is 28.7. The van der Waals surface area contributed by atoms with Gasteiger partial charge in [0.15, 0.2) is 11.6 Å².